The van der Waals surface area contributed by atoms with E-state index in [0.29, 0.717) is 6.07 Å². The van der Waals surface area contributed by atoms with Crippen molar-refractivity contribution >= 4 is 5.91 Å². The molecule has 0 saturated carbocycles. The van der Waals surface area contributed by atoms with E-state index >= 15 is 0 Å². The minimum Gasteiger partial charge on any atom is -0.496 e. The first kappa shape index (κ1) is 10.4. The van der Waals surface area contributed by atoms with E-state index in [1.165, 1.54) is 0 Å². The molecule has 0 spiro atoms. The Morgan fingerprint density at radius 3 is 2.36 bits per heavy atom. The molecule has 0 aromatic heterocycles. The average molecular weight is 205 g/mol. The van der Waals surface area contributed by atoms with Gasteiger partial charge in [0.1, 0.15) is 11.3 Å². The van der Waals surface area contributed by atoms with E-state index in [4.69, 9.17) is 5.73 Å². The van der Waals surface area contributed by atoms with E-state index in [1.807, 2.05) is 0 Å². The van der Waals surface area contributed by atoms with Gasteiger partial charge in [0.05, 0.1) is 7.11 Å². The summed E-state index contributed by atoms with van der Waals surface area (Å²) in [4.78, 5) is 10.7. The van der Waals surface area contributed by atoms with Crippen LogP contribution in [0.4, 0.5) is 13.2 Å². The van der Waals surface area contributed by atoms with Gasteiger partial charge in [-0.3, -0.25) is 4.79 Å². The maximum Gasteiger partial charge on any atom is 0.255 e. The molecule has 0 bridgehead atoms. The van der Waals surface area contributed by atoms with Gasteiger partial charge in [-0.25, -0.2) is 13.2 Å². The minimum absolute atomic E-state index is 0.436. The van der Waals surface area contributed by atoms with Crippen LogP contribution in [0.25, 0.3) is 0 Å². The molecule has 1 aromatic carbocycles. The van der Waals surface area contributed by atoms with E-state index in [9.17, 15) is 18.0 Å². The number of amides is 1. The zero-order valence-corrected chi connectivity index (χ0v) is 7.11. The number of nitrogens with two attached hydrogens (primary N) is 1. The average Bonchev–Trinajstić information content (AvgIpc) is 2.12. The molecule has 6 heteroatoms. The number of primary amides is 1. The molecule has 0 aliphatic carbocycles. The van der Waals surface area contributed by atoms with Crippen LogP contribution >= 0.6 is 0 Å². The lowest BCUT2D eigenvalue weighted by atomic mass is 10.1. The molecule has 2 N–H and O–H groups in total. The molecule has 0 fully saturated rings. The number of carbonyl (C=O) groups is 1. The first-order valence-electron chi connectivity index (χ1n) is 3.50. The molecule has 0 heterocycles. The Balaban J connectivity index is 3.53. The Kier molecular flexibility index (Phi) is 2.64. The molecule has 0 atom stereocenters. The zero-order chi connectivity index (χ0) is 10.9. The highest BCUT2D eigenvalue weighted by atomic mass is 19.2. The van der Waals surface area contributed by atoms with Crippen LogP contribution in [-0.2, 0) is 0 Å². The van der Waals surface area contributed by atoms with Crippen molar-refractivity contribution in [2.75, 3.05) is 7.11 Å². The molecule has 0 radical (unpaired) electrons. The number of halogens is 3. The van der Waals surface area contributed by atoms with Crippen LogP contribution in [0, 0.1) is 17.5 Å². The summed E-state index contributed by atoms with van der Waals surface area (Å²) >= 11 is 0. The Morgan fingerprint density at radius 2 is 1.93 bits per heavy atom. The van der Waals surface area contributed by atoms with Crippen molar-refractivity contribution in [1.82, 2.24) is 0 Å². The number of rotatable bonds is 2. The van der Waals surface area contributed by atoms with Crippen LogP contribution < -0.4 is 10.5 Å². The second kappa shape index (κ2) is 3.57. The maximum atomic E-state index is 13.0. The molecule has 1 aromatic rings. The highest BCUT2D eigenvalue weighted by molar-refractivity contribution is 5.95. The first-order valence-corrected chi connectivity index (χ1v) is 3.50. The lowest BCUT2D eigenvalue weighted by molar-refractivity contribution is 0.0992. The second-order valence-corrected chi connectivity index (χ2v) is 2.43. The highest BCUT2D eigenvalue weighted by Gasteiger charge is 2.22. The predicted molar refractivity (Wildman–Crippen MR) is 41.4 cm³/mol. The van der Waals surface area contributed by atoms with Crippen LogP contribution in [0.1, 0.15) is 10.4 Å². The van der Waals surface area contributed by atoms with Gasteiger partial charge >= 0.3 is 0 Å². The van der Waals surface area contributed by atoms with Crippen molar-refractivity contribution in [2.45, 2.75) is 0 Å². The lowest BCUT2D eigenvalue weighted by Crippen LogP contribution is -2.16. The maximum absolute atomic E-state index is 13.0. The van der Waals surface area contributed by atoms with Gasteiger partial charge in [-0.15, -0.1) is 0 Å². The van der Waals surface area contributed by atoms with Gasteiger partial charge in [0.25, 0.3) is 5.91 Å². The molecule has 0 unspecified atom stereocenters. The number of benzene rings is 1. The summed E-state index contributed by atoms with van der Waals surface area (Å²) in [7, 11) is 1.08. The summed E-state index contributed by atoms with van der Waals surface area (Å²) in [6.07, 6.45) is 0. The van der Waals surface area contributed by atoms with Crippen molar-refractivity contribution in [3.63, 3.8) is 0 Å². The monoisotopic (exact) mass is 205 g/mol. The van der Waals surface area contributed by atoms with Crippen molar-refractivity contribution in [3.05, 3.63) is 29.1 Å². The number of hydrogen-bond acceptors (Lipinski definition) is 2. The van der Waals surface area contributed by atoms with Crippen molar-refractivity contribution in [2.24, 2.45) is 5.73 Å². The first-order chi connectivity index (χ1) is 6.49. The van der Waals surface area contributed by atoms with Crippen molar-refractivity contribution in [1.29, 1.82) is 0 Å². The normalized spacial score (nSPS) is 10.0. The van der Waals surface area contributed by atoms with E-state index in [2.05, 4.69) is 4.74 Å². The Bertz CT molecular complexity index is 393. The summed E-state index contributed by atoms with van der Waals surface area (Å²) in [5.41, 5.74) is 3.96. The highest BCUT2D eigenvalue weighted by Crippen LogP contribution is 2.25. The predicted octanol–water partition coefficient (Wildman–Crippen LogP) is 1.21. The molecular weight excluding hydrogens is 199 g/mol. The summed E-state index contributed by atoms with van der Waals surface area (Å²) in [6.45, 7) is 0. The molecule has 1 amide bonds. The summed E-state index contributed by atoms with van der Waals surface area (Å²) < 4.78 is 42.7. The van der Waals surface area contributed by atoms with Crippen LogP contribution in [0.2, 0.25) is 0 Å². The molecule has 0 aliphatic heterocycles. The standard InChI is InChI=1S/C8H6F3NO2/c1-14-4-2-3(9)6(10)7(11)5(4)8(12)13/h2H,1H3,(H2,12,13). The number of ether oxygens (including phenoxy) is 1. The van der Waals surface area contributed by atoms with Gasteiger partial charge in [-0.1, -0.05) is 0 Å². The van der Waals surface area contributed by atoms with Crippen LogP contribution in [-0.4, -0.2) is 13.0 Å². The van der Waals surface area contributed by atoms with Gasteiger partial charge in [0.2, 0.25) is 0 Å². The molecule has 14 heavy (non-hydrogen) atoms. The van der Waals surface area contributed by atoms with Crippen LogP contribution in [0.15, 0.2) is 6.07 Å². The Hall–Kier alpha value is -1.72. The topological polar surface area (TPSA) is 52.3 Å². The third-order valence-corrected chi connectivity index (χ3v) is 1.59. The fourth-order valence-corrected chi connectivity index (χ4v) is 0.964. The molecule has 0 saturated heterocycles. The largest absolute Gasteiger partial charge is 0.496 e. The van der Waals surface area contributed by atoms with Gasteiger partial charge in [0.15, 0.2) is 17.5 Å². The van der Waals surface area contributed by atoms with Crippen molar-refractivity contribution in [3.8, 4) is 5.75 Å². The van der Waals surface area contributed by atoms with E-state index in [1.54, 1.807) is 0 Å². The van der Waals surface area contributed by atoms with E-state index < -0.39 is 34.7 Å². The molecule has 0 aliphatic rings. The second-order valence-electron chi connectivity index (χ2n) is 2.43. The van der Waals surface area contributed by atoms with Gasteiger partial charge in [-0.05, 0) is 0 Å². The quantitative estimate of drug-likeness (QED) is 0.738. The van der Waals surface area contributed by atoms with E-state index in [0.717, 1.165) is 7.11 Å². The smallest absolute Gasteiger partial charge is 0.255 e. The number of carbonyl (C=O) groups excluding carboxylic acids is 1. The number of methoxy groups -OCH3 is 1. The minimum atomic E-state index is -1.75. The summed E-state index contributed by atoms with van der Waals surface area (Å²) in [5, 5.41) is 0. The Labute approximate surface area is 77.3 Å². The van der Waals surface area contributed by atoms with Gasteiger partial charge < -0.3 is 10.5 Å². The van der Waals surface area contributed by atoms with Crippen molar-refractivity contribution < 1.29 is 22.7 Å². The fourth-order valence-electron chi connectivity index (χ4n) is 0.964. The SMILES string of the molecule is COc1cc(F)c(F)c(F)c1C(N)=O. The van der Waals surface area contributed by atoms with Gasteiger partial charge in [-0.2, -0.15) is 0 Å². The van der Waals surface area contributed by atoms with Crippen LogP contribution in [0.3, 0.4) is 0 Å². The third-order valence-electron chi connectivity index (χ3n) is 1.59. The van der Waals surface area contributed by atoms with Gasteiger partial charge in [0, 0.05) is 6.07 Å². The molecule has 76 valence electrons. The molecular formula is C8H6F3NO2. The fraction of sp³-hybridized carbons (Fsp3) is 0.125. The summed E-state index contributed by atoms with van der Waals surface area (Å²) in [6, 6.07) is 0.554. The molecule has 3 nitrogen and oxygen atoms in total. The van der Waals surface area contributed by atoms with E-state index in [-0.39, 0.29) is 0 Å². The Morgan fingerprint density at radius 1 is 1.36 bits per heavy atom. The zero-order valence-electron chi connectivity index (χ0n) is 7.11. The third kappa shape index (κ3) is 1.50. The van der Waals surface area contributed by atoms with Crippen LogP contribution in [0.5, 0.6) is 5.75 Å². The summed E-state index contributed by atoms with van der Waals surface area (Å²) in [5.74, 6) is -6.49. The number of hydrogen-bond donors (Lipinski definition) is 1. The lowest BCUT2D eigenvalue weighted by Gasteiger charge is -2.07. The molecule has 1 rings (SSSR count).